The maximum atomic E-state index is 10.3. The first-order chi connectivity index (χ1) is 9.77. The highest BCUT2D eigenvalue weighted by molar-refractivity contribution is 5.66. The van der Waals surface area contributed by atoms with Gasteiger partial charge in [-0.15, -0.1) is 5.73 Å². The van der Waals surface area contributed by atoms with E-state index < -0.39 is 5.97 Å². The Morgan fingerprint density at radius 2 is 1.70 bits per heavy atom. The summed E-state index contributed by atoms with van der Waals surface area (Å²) in [6.45, 7) is 2.22. The highest BCUT2D eigenvalue weighted by Gasteiger charge is 1.92. The van der Waals surface area contributed by atoms with Gasteiger partial charge in [0.25, 0.3) is 0 Å². The Morgan fingerprint density at radius 3 is 2.45 bits per heavy atom. The third-order valence-corrected chi connectivity index (χ3v) is 2.81. The Bertz CT molecular complexity index is 344. The largest absolute Gasteiger partial charge is 0.481 e. The molecule has 0 aliphatic carbocycles. The molecule has 2 heteroatoms. The summed E-state index contributed by atoms with van der Waals surface area (Å²) in [4.78, 5) is 10.3. The summed E-state index contributed by atoms with van der Waals surface area (Å²) in [6, 6.07) is 0. The van der Waals surface area contributed by atoms with Crippen molar-refractivity contribution in [1.82, 2.24) is 0 Å². The van der Waals surface area contributed by atoms with E-state index in [4.69, 9.17) is 5.11 Å². The van der Waals surface area contributed by atoms with Gasteiger partial charge < -0.3 is 5.11 Å². The minimum Gasteiger partial charge on any atom is -0.481 e. The molecule has 1 N–H and O–H groups in total. The molecular formula is C18H28O2. The van der Waals surface area contributed by atoms with E-state index >= 15 is 0 Å². The normalized spacial score (nSPS) is 10.8. The summed E-state index contributed by atoms with van der Waals surface area (Å²) in [7, 11) is 0. The minimum absolute atomic E-state index is 0.239. The molecule has 0 aromatic carbocycles. The van der Waals surface area contributed by atoms with Crippen LogP contribution in [0.25, 0.3) is 0 Å². The molecule has 0 saturated heterocycles. The summed E-state index contributed by atoms with van der Waals surface area (Å²) < 4.78 is 0. The number of carboxylic acid groups (broad SMARTS) is 1. The van der Waals surface area contributed by atoms with Gasteiger partial charge in [0.2, 0.25) is 0 Å². The van der Waals surface area contributed by atoms with Crippen LogP contribution in [0.15, 0.2) is 42.2 Å². The maximum absolute atomic E-state index is 10.3. The molecule has 0 aromatic rings. The fraction of sp³-hybridized carbons (Fsp3) is 0.556. The zero-order valence-electron chi connectivity index (χ0n) is 12.7. The molecule has 0 atom stereocenters. The standard InChI is InChI=1S/C18H28O2/c1-2-3-4-5-6-7-8-9-10-11-12-13-14-15-16-17-18(19)20/h6-7,9-10,12,14H,2-5,8,11,15-17H2,1H3,(H,19,20). The number of aliphatic carboxylic acids is 1. The van der Waals surface area contributed by atoms with Crippen LogP contribution < -0.4 is 0 Å². The van der Waals surface area contributed by atoms with E-state index in [2.05, 4.69) is 37.0 Å². The molecule has 0 amide bonds. The Balaban J connectivity index is 3.46. The number of carbonyl (C=O) groups is 1. The zero-order valence-corrected chi connectivity index (χ0v) is 12.7. The van der Waals surface area contributed by atoms with Gasteiger partial charge in [-0.25, -0.2) is 0 Å². The first kappa shape index (κ1) is 18.5. The van der Waals surface area contributed by atoms with Crippen LogP contribution in [0.2, 0.25) is 0 Å². The van der Waals surface area contributed by atoms with Crippen molar-refractivity contribution in [3.8, 4) is 0 Å². The first-order valence-corrected chi connectivity index (χ1v) is 7.68. The van der Waals surface area contributed by atoms with Crippen LogP contribution in [0.5, 0.6) is 0 Å². The molecule has 0 saturated carbocycles. The molecule has 0 aliphatic heterocycles. The summed E-state index contributed by atoms with van der Waals surface area (Å²) in [5.41, 5.74) is 3.07. The molecule has 112 valence electrons. The molecule has 0 unspecified atom stereocenters. The smallest absolute Gasteiger partial charge is 0.303 e. The lowest BCUT2D eigenvalue weighted by Gasteiger charge is -1.90. The second kappa shape index (κ2) is 15.5. The van der Waals surface area contributed by atoms with Crippen molar-refractivity contribution in [2.75, 3.05) is 0 Å². The van der Waals surface area contributed by atoms with Crippen LogP contribution in [-0.2, 0) is 4.79 Å². The van der Waals surface area contributed by atoms with E-state index in [9.17, 15) is 4.79 Å². The van der Waals surface area contributed by atoms with Gasteiger partial charge in [0, 0.05) is 6.42 Å². The average Bonchev–Trinajstić information content (AvgIpc) is 2.43. The van der Waals surface area contributed by atoms with Crippen LogP contribution in [0.4, 0.5) is 0 Å². The van der Waals surface area contributed by atoms with Crippen molar-refractivity contribution < 1.29 is 9.90 Å². The molecule has 0 rings (SSSR count). The van der Waals surface area contributed by atoms with Crippen molar-refractivity contribution in [2.45, 2.75) is 64.7 Å². The molecule has 0 radical (unpaired) electrons. The van der Waals surface area contributed by atoms with E-state index in [1.807, 2.05) is 12.2 Å². The van der Waals surface area contributed by atoms with E-state index in [1.165, 1.54) is 25.7 Å². The SMILES string of the molecule is CCCCCC=CCC=CCC=C=CCCCC(=O)O. The predicted molar refractivity (Wildman–Crippen MR) is 85.8 cm³/mol. The lowest BCUT2D eigenvalue weighted by atomic mass is 10.2. The molecule has 2 nitrogen and oxygen atoms in total. The van der Waals surface area contributed by atoms with Gasteiger partial charge in [-0.05, 0) is 50.7 Å². The zero-order chi connectivity index (χ0) is 14.9. The van der Waals surface area contributed by atoms with Crippen LogP contribution in [0, 0.1) is 0 Å². The Hall–Kier alpha value is -1.53. The number of unbranched alkanes of at least 4 members (excludes halogenated alkanes) is 4. The van der Waals surface area contributed by atoms with Crippen LogP contribution in [0.1, 0.15) is 64.7 Å². The van der Waals surface area contributed by atoms with E-state index in [1.54, 1.807) is 0 Å². The monoisotopic (exact) mass is 276 g/mol. The number of carboxylic acids is 1. The highest BCUT2D eigenvalue weighted by Crippen LogP contribution is 2.00. The van der Waals surface area contributed by atoms with Crippen LogP contribution >= 0.6 is 0 Å². The topological polar surface area (TPSA) is 37.3 Å². The van der Waals surface area contributed by atoms with Crippen molar-refractivity contribution in [3.05, 3.63) is 42.2 Å². The third-order valence-electron chi connectivity index (χ3n) is 2.81. The fourth-order valence-corrected chi connectivity index (χ4v) is 1.66. The molecule has 0 heterocycles. The van der Waals surface area contributed by atoms with Gasteiger partial charge in [-0.2, -0.15) is 0 Å². The molecule has 0 spiro atoms. The minimum atomic E-state index is -0.729. The number of hydrogen-bond acceptors (Lipinski definition) is 1. The molecule has 20 heavy (non-hydrogen) atoms. The number of hydrogen-bond donors (Lipinski definition) is 1. The quantitative estimate of drug-likeness (QED) is 0.293. The van der Waals surface area contributed by atoms with Crippen molar-refractivity contribution in [3.63, 3.8) is 0 Å². The Morgan fingerprint density at radius 1 is 0.950 bits per heavy atom. The maximum Gasteiger partial charge on any atom is 0.303 e. The predicted octanol–water partition coefficient (Wildman–Crippen LogP) is 5.43. The van der Waals surface area contributed by atoms with Crippen molar-refractivity contribution in [1.29, 1.82) is 0 Å². The third kappa shape index (κ3) is 16.5. The fourth-order valence-electron chi connectivity index (χ4n) is 1.66. The summed E-state index contributed by atoms with van der Waals surface area (Å²) in [5.74, 6) is -0.729. The summed E-state index contributed by atoms with van der Waals surface area (Å²) >= 11 is 0. The average molecular weight is 276 g/mol. The van der Waals surface area contributed by atoms with Gasteiger partial charge >= 0.3 is 5.97 Å². The van der Waals surface area contributed by atoms with Crippen molar-refractivity contribution >= 4 is 5.97 Å². The highest BCUT2D eigenvalue weighted by atomic mass is 16.4. The van der Waals surface area contributed by atoms with E-state index in [-0.39, 0.29) is 6.42 Å². The van der Waals surface area contributed by atoms with Gasteiger partial charge in [0.05, 0.1) is 0 Å². The second-order valence-corrected chi connectivity index (χ2v) is 4.77. The van der Waals surface area contributed by atoms with Crippen LogP contribution in [0.3, 0.4) is 0 Å². The Kier molecular flexibility index (Phi) is 14.3. The lowest BCUT2D eigenvalue weighted by molar-refractivity contribution is -0.137. The van der Waals surface area contributed by atoms with Gasteiger partial charge in [-0.1, -0.05) is 44.1 Å². The first-order valence-electron chi connectivity index (χ1n) is 7.68. The van der Waals surface area contributed by atoms with Gasteiger partial charge in [0.15, 0.2) is 0 Å². The second-order valence-electron chi connectivity index (χ2n) is 4.77. The Labute approximate surface area is 123 Å². The molecule has 0 aromatic heterocycles. The van der Waals surface area contributed by atoms with E-state index in [0.29, 0.717) is 6.42 Å². The van der Waals surface area contributed by atoms with Crippen molar-refractivity contribution in [2.24, 2.45) is 0 Å². The van der Waals surface area contributed by atoms with Gasteiger partial charge in [0.1, 0.15) is 0 Å². The molecule has 0 fully saturated rings. The number of rotatable bonds is 12. The molecular weight excluding hydrogens is 248 g/mol. The molecule has 0 aliphatic rings. The van der Waals surface area contributed by atoms with Crippen LogP contribution in [-0.4, -0.2) is 11.1 Å². The summed E-state index contributed by atoms with van der Waals surface area (Å²) in [6.07, 6.45) is 21.4. The molecule has 0 bridgehead atoms. The summed E-state index contributed by atoms with van der Waals surface area (Å²) in [5, 5.41) is 8.46. The lowest BCUT2D eigenvalue weighted by Crippen LogP contribution is -1.92. The van der Waals surface area contributed by atoms with E-state index in [0.717, 1.165) is 19.3 Å². The van der Waals surface area contributed by atoms with Gasteiger partial charge in [-0.3, -0.25) is 4.79 Å². The number of allylic oxidation sites excluding steroid dienone is 5.